The maximum Gasteiger partial charge on any atom is 0.257 e. The zero-order chi connectivity index (χ0) is 18.6. The number of aromatic nitrogens is 1. The molecule has 27 heavy (non-hydrogen) atoms. The second-order valence-electron chi connectivity index (χ2n) is 6.18. The number of para-hydroxylation sites is 1. The fourth-order valence-corrected chi connectivity index (χ4v) is 2.78. The highest BCUT2D eigenvalue weighted by Gasteiger charge is 2.12. The van der Waals surface area contributed by atoms with Gasteiger partial charge in [0.05, 0.1) is 5.56 Å². The van der Waals surface area contributed by atoms with Crippen LogP contribution in [0.3, 0.4) is 0 Å². The van der Waals surface area contributed by atoms with E-state index >= 15 is 0 Å². The van der Waals surface area contributed by atoms with Crippen molar-refractivity contribution in [3.05, 3.63) is 71.9 Å². The van der Waals surface area contributed by atoms with E-state index in [4.69, 9.17) is 9.47 Å². The van der Waals surface area contributed by atoms with Crippen LogP contribution in [0.4, 0.5) is 17.2 Å². The van der Waals surface area contributed by atoms with E-state index in [0.717, 1.165) is 22.7 Å². The van der Waals surface area contributed by atoms with Crippen molar-refractivity contribution in [3.8, 4) is 11.5 Å². The van der Waals surface area contributed by atoms with Crippen LogP contribution in [0.5, 0.6) is 11.5 Å². The van der Waals surface area contributed by atoms with Gasteiger partial charge in [0.2, 0.25) is 0 Å². The van der Waals surface area contributed by atoms with Gasteiger partial charge in [0.15, 0.2) is 11.5 Å². The van der Waals surface area contributed by atoms with Gasteiger partial charge in [-0.15, -0.1) is 0 Å². The second kappa shape index (κ2) is 7.37. The van der Waals surface area contributed by atoms with Crippen LogP contribution < -0.4 is 20.1 Å². The van der Waals surface area contributed by atoms with Gasteiger partial charge in [-0.2, -0.15) is 0 Å². The van der Waals surface area contributed by atoms with Crippen LogP contribution in [-0.2, 0) is 0 Å². The average Bonchev–Trinajstić information content (AvgIpc) is 2.70. The van der Waals surface area contributed by atoms with Crippen molar-refractivity contribution in [3.63, 3.8) is 0 Å². The number of nitrogens with zero attached hydrogens (tertiary/aromatic N) is 1. The second-order valence-corrected chi connectivity index (χ2v) is 6.18. The highest BCUT2D eigenvalue weighted by Crippen LogP contribution is 2.33. The maximum absolute atomic E-state index is 12.4. The number of carbonyl (C=O) groups excluding carboxylic acids is 1. The first-order valence-corrected chi connectivity index (χ1v) is 8.69. The fraction of sp³-hybridized carbons (Fsp3) is 0.143. The monoisotopic (exact) mass is 361 g/mol. The number of amides is 1. The number of aryl methyl sites for hydroxylation is 1. The minimum absolute atomic E-state index is 0.192. The first-order valence-electron chi connectivity index (χ1n) is 8.69. The lowest BCUT2D eigenvalue weighted by Crippen LogP contribution is -2.15. The number of anilines is 3. The molecule has 0 bridgehead atoms. The summed E-state index contributed by atoms with van der Waals surface area (Å²) in [6, 6.07) is 16.8. The summed E-state index contributed by atoms with van der Waals surface area (Å²) in [6.07, 6.45) is 1.55. The number of pyridine rings is 1. The summed E-state index contributed by atoms with van der Waals surface area (Å²) in [7, 11) is 0. The van der Waals surface area contributed by atoms with Gasteiger partial charge in [0.1, 0.15) is 19.0 Å². The summed E-state index contributed by atoms with van der Waals surface area (Å²) in [5.74, 6) is 1.89. The van der Waals surface area contributed by atoms with Gasteiger partial charge in [0.25, 0.3) is 5.91 Å². The van der Waals surface area contributed by atoms with Crippen molar-refractivity contribution < 1.29 is 14.3 Å². The first-order chi connectivity index (χ1) is 13.2. The summed E-state index contributed by atoms with van der Waals surface area (Å²) in [4.78, 5) is 16.7. The zero-order valence-electron chi connectivity index (χ0n) is 14.9. The van der Waals surface area contributed by atoms with Gasteiger partial charge in [-0.3, -0.25) is 4.79 Å². The molecule has 2 heterocycles. The highest BCUT2D eigenvalue weighted by atomic mass is 16.6. The van der Waals surface area contributed by atoms with Crippen molar-refractivity contribution in [2.75, 3.05) is 23.8 Å². The SMILES string of the molecule is Cc1ccccc1NC(=O)c1ccc(Nc2ccc3c(c2)OCCO3)nc1. The van der Waals surface area contributed by atoms with E-state index < -0.39 is 0 Å². The van der Waals surface area contributed by atoms with E-state index in [1.54, 1.807) is 18.3 Å². The van der Waals surface area contributed by atoms with E-state index in [0.29, 0.717) is 30.3 Å². The van der Waals surface area contributed by atoms with E-state index in [-0.39, 0.29) is 5.91 Å². The van der Waals surface area contributed by atoms with E-state index in [2.05, 4.69) is 15.6 Å². The van der Waals surface area contributed by atoms with Gasteiger partial charge >= 0.3 is 0 Å². The summed E-state index contributed by atoms with van der Waals surface area (Å²) in [5, 5.41) is 6.10. The molecule has 0 saturated heterocycles. The molecule has 6 heteroatoms. The van der Waals surface area contributed by atoms with Crippen molar-refractivity contribution in [2.45, 2.75) is 6.92 Å². The molecule has 0 fully saturated rings. The summed E-state index contributed by atoms with van der Waals surface area (Å²) in [6.45, 7) is 3.06. The lowest BCUT2D eigenvalue weighted by molar-refractivity contribution is 0.102. The normalized spacial score (nSPS) is 12.3. The van der Waals surface area contributed by atoms with Crippen LogP contribution in [0.25, 0.3) is 0 Å². The average molecular weight is 361 g/mol. The molecule has 1 amide bonds. The fourth-order valence-electron chi connectivity index (χ4n) is 2.78. The molecule has 0 saturated carbocycles. The topological polar surface area (TPSA) is 72.5 Å². The lowest BCUT2D eigenvalue weighted by Gasteiger charge is -2.19. The predicted molar refractivity (Wildman–Crippen MR) is 104 cm³/mol. The largest absolute Gasteiger partial charge is 0.486 e. The van der Waals surface area contributed by atoms with Crippen LogP contribution in [0.1, 0.15) is 15.9 Å². The Labute approximate surface area is 157 Å². The Morgan fingerprint density at radius 2 is 1.81 bits per heavy atom. The molecule has 1 aromatic heterocycles. The molecular formula is C21H19N3O3. The molecule has 0 aliphatic carbocycles. The Bertz CT molecular complexity index is 971. The third kappa shape index (κ3) is 3.84. The van der Waals surface area contributed by atoms with Gasteiger partial charge < -0.3 is 20.1 Å². The van der Waals surface area contributed by atoms with Crippen LogP contribution in [-0.4, -0.2) is 24.1 Å². The Hall–Kier alpha value is -3.54. The number of hydrogen-bond acceptors (Lipinski definition) is 5. The highest BCUT2D eigenvalue weighted by molar-refractivity contribution is 6.04. The Morgan fingerprint density at radius 1 is 1.00 bits per heavy atom. The van der Waals surface area contributed by atoms with Crippen LogP contribution >= 0.6 is 0 Å². The molecule has 0 spiro atoms. The van der Waals surface area contributed by atoms with E-state index in [1.165, 1.54) is 0 Å². The van der Waals surface area contributed by atoms with Gasteiger partial charge in [-0.1, -0.05) is 18.2 Å². The first kappa shape index (κ1) is 16.9. The molecule has 1 aliphatic rings. The van der Waals surface area contributed by atoms with Crippen molar-refractivity contribution in [1.82, 2.24) is 4.98 Å². The smallest absolute Gasteiger partial charge is 0.257 e. The van der Waals surface area contributed by atoms with Crippen LogP contribution in [0.2, 0.25) is 0 Å². The molecule has 0 unspecified atom stereocenters. The third-order valence-electron chi connectivity index (χ3n) is 4.23. The quantitative estimate of drug-likeness (QED) is 0.730. The van der Waals surface area contributed by atoms with Crippen LogP contribution in [0, 0.1) is 6.92 Å². The molecule has 4 rings (SSSR count). The molecule has 0 radical (unpaired) electrons. The number of hydrogen-bond donors (Lipinski definition) is 2. The van der Waals surface area contributed by atoms with Crippen molar-refractivity contribution in [1.29, 1.82) is 0 Å². The molecule has 3 aromatic rings. The minimum atomic E-state index is -0.192. The van der Waals surface area contributed by atoms with Crippen LogP contribution in [0.15, 0.2) is 60.8 Å². The molecule has 2 N–H and O–H groups in total. The van der Waals surface area contributed by atoms with E-state index in [9.17, 15) is 4.79 Å². The number of carbonyl (C=O) groups is 1. The zero-order valence-corrected chi connectivity index (χ0v) is 14.9. The van der Waals surface area contributed by atoms with E-state index in [1.807, 2.05) is 49.4 Å². The molecule has 2 aromatic carbocycles. The molecule has 1 aliphatic heterocycles. The lowest BCUT2D eigenvalue weighted by atomic mass is 10.2. The van der Waals surface area contributed by atoms with Gasteiger partial charge in [0, 0.05) is 23.6 Å². The molecule has 136 valence electrons. The number of rotatable bonds is 4. The van der Waals surface area contributed by atoms with Gasteiger partial charge in [-0.25, -0.2) is 4.98 Å². The minimum Gasteiger partial charge on any atom is -0.486 e. The number of ether oxygens (including phenoxy) is 2. The Morgan fingerprint density at radius 3 is 2.59 bits per heavy atom. The van der Waals surface area contributed by atoms with Crippen molar-refractivity contribution >= 4 is 23.1 Å². The number of benzene rings is 2. The number of nitrogens with one attached hydrogen (secondary N) is 2. The number of fused-ring (bicyclic) bond motifs is 1. The maximum atomic E-state index is 12.4. The molecule has 6 nitrogen and oxygen atoms in total. The third-order valence-corrected chi connectivity index (χ3v) is 4.23. The molecule has 0 atom stereocenters. The van der Waals surface area contributed by atoms with Crippen molar-refractivity contribution in [2.24, 2.45) is 0 Å². The summed E-state index contributed by atoms with van der Waals surface area (Å²) in [5.41, 5.74) is 3.13. The Kier molecular flexibility index (Phi) is 4.61. The Balaban J connectivity index is 1.44. The standard InChI is InChI=1S/C21H19N3O3/c1-14-4-2-3-5-17(14)24-21(25)15-6-9-20(22-13-15)23-16-7-8-18-19(12-16)27-11-10-26-18/h2-9,12-13H,10-11H2,1H3,(H,22,23)(H,24,25). The summed E-state index contributed by atoms with van der Waals surface area (Å²) >= 11 is 0. The van der Waals surface area contributed by atoms with Gasteiger partial charge in [-0.05, 0) is 42.8 Å². The summed E-state index contributed by atoms with van der Waals surface area (Å²) < 4.78 is 11.1. The predicted octanol–water partition coefficient (Wildman–Crippen LogP) is 4.16. The molecular weight excluding hydrogens is 342 g/mol.